The molecule has 1 aliphatic rings. The Hall–Kier alpha value is -0.450. The van der Waals surface area contributed by atoms with Crippen LogP contribution in [0.3, 0.4) is 0 Å². The summed E-state index contributed by atoms with van der Waals surface area (Å²) in [6.07, 6.45) is 2.66. The minimum absolute atomic E-state index is 0.277. The van der Waals surface area contributed by atoms with E-state index in [2.05, 4.69) is 32.6 Å². The Morgan fingerprint density at radius 3 is 2.39 bits per heavy atom. The van der Waals surface area contributed by atoms with Crippen LogP contribution in [-0.2, 0) is 12.1 Å². The van der Waals surface area contributed by atoms with Crippen molar-refractivity contribution in [1.29, 1.82) is 0 Å². The zero-order chi connectivity index (χ0) is 13.3. The molecule has 1 fully saturated rings. The van der Waals surface area contributed by atoms with Gasteiger partial charge in [-0.25, -0.2) is 4.98 Å². The van der Waals surface area contributed by atoms with Gasteiger partial charge in [-0.3, -0.25) is 4.90 Å². The summed E-state index contributed by atoms with van der Waals surface area (Å²) in [6.45, 7) is 12.0. The molecule has 4 heteroatoms. The van der Waals surface area contributed by atoms with Gasteiger partial charge in [0, 0.05) is 10.4 Å². The van der Waals surface area contributed by atoms with Gasteiger partial charge in [-0.2, -0.15) is 0 Å². The van der Waals surface area contributed by atoms with Crippen LogP contribution >= 0.6 is 11.3 Å². The second kappa shape index (κ2) is 5.27. The average Bonchev–Trinajstić information content (AvgIpc) is 2.85. The summed E-state index contributed by atoms with van der Waals surface area (Å²) in [5.74, 6) is 0.450. The normalized spacial score (nSPS) is 17.9. The number of nitrogens with two attached hydrogens (primary N) is 1. The molecule has 1 aromatic heterocycles. The highest BCUT2D eigenvalue weighted by Gasteiger charge is 2.25. The maximum Gasteiger partial charge on any atom is 0.107 e. The molecule has 2 N–H and O–H groups in total. The summed E-state index contributed by atoms with van der Waals surface area (Å²) in [6, 6.07) is 0. The zero-order valence-corrected chi connectivity index (χ0v) is 12.8. The van der Waals surface area contributed by atoms with Crippen LogP contribution in [0.15, 0.2) is 0 Å². The Bertz CT molecular complexity index is 398. The van der Waals surface area contributed by atoms with Crippen LogP contribution < -0.4 is 5.73 Å². The first-order valence-corrected chi connectivity index (χ1v) is 7.71. The molecule has 18 heavy (non-hydrogen) atoms. The minimum Gasteiger partial charge on any atom is -0.321 e. The summed E-state index contributed by atoms with van der Waals surface area (Å²) in [7, 11) is 0. The fourth-order valence-corrected chi connectivity index (χ4v) is 3.71. The van der Waals surface area contributed by atoms with E-state index in [9.17, 15) is 0 Å². The van der Waals surface area contributed by atoms with E-state index in [1.807, 2.05) is 0 Å². The monoisotopic (exact) mass is 267 g/mol. The molecule has 1 aliphatic heterocycles. The van der Waals surface area contributed by atoms with Crippen LogP contribution in [0.5, 0.6) is 0 Å². The van der Waals surface area contributed by atoms with Crippen LogP contribution in [-0.4, -0.2) is 23.0 Å². The molecule has 0 bridgehead atoms. The first kappa shape index (κ1) is 14.0. The molecule has 0 radical (unpaired) electrons. The smallest absolute Gasteiger partial charge is 0.107 e. The van der Waals surface area contributed by atoms with Gasteiger partial charge in [0.25, 0.3) is 0 Å². The number of thiazole rings is 1. The third-order valence-corrected chi connectivity index (χ3v) is 4.78. The second-order valence-corrected chi connectivity index (χ2v) is 7.27. The molecular weight excluding hydrogens is 242 g/mol. The van der Waals surface area contributed by atoms with Crippen molar-refractivity contribution in [3.05, 3.63) is 15.6 Å². The molecule has 0 saturated carbocycles. The summed E-state index contributed by atoms with van der Waals surface area (Å²) < 4.78 is 0. The largest absolute Gasteiger partial charge is 0.321 e. The SMILES string of the molecule is CC(C)c1nc(CN2CCCC2)sc1C(C)(C)N. The maximum absolute atomic E-state index is 6.27. The minimum atomic E-state index is -0.277. The Morgan fingerprint density at radius 2 is 1.94 bits per heavy atom. The average molecular weight is 267 g/mol. The zero-order valence-electron chi connectivity index (χ0n) is 12.0. The van der Waals surface area contributed by atoms with Gasteiger partial charge in [0.05, 0.1) is 12.2 Å². The van der Waals surface area contributed by atoms with E-state index in [1.165, 1.54) is 41.5 Å². The highest BCUT2D eigenvalue weighted by Crippen LogP contribution is 2.33. The lowest BCUT2D eigenvalue weighted by Crippen LogP contribution is -2.28. The number of rotatable bonds is 4. The highest BCUT2D eigenvalue weighted by atomic mass is 32.1. The molecule has 3 nitrogen and oxygen atoms in total. The van der Waals surface area contributed by atoms with E-state index in [1.54, 1.807) is 11.3 Å². The number of likely N-dealkylation sites (tertiary alicyclic amines) is 1. The van der Waals surface area contributed by atoms with Crippen LogP contribution in [0.25, 0.3) is 0 Å². The van der Waals surface area contributed by atoms with Gasteiger partial charge in [-0.05, 0) is 45.7 Å². The topological polar surface area (TPSA) is 42.2 Å². The van der Waals surface area contributed by atoms with Crippen molar-refractivity contribution in [1.82, 2.24) is 9.88 Å². The summed E-state index contributed by atoms with van der Waals surface area (Å²) >= 11 is 1.80. The first-order valence-electron chi connectivity index (χ1n) is 6.89. The van der Waals surface area contributed by atoms with Gasteiger partial charge in [0.1, 0.15) is 5.01 Å². The van der Waals surface area contributed by atoms with Crippen molar-refractivity contribution >= 4 is 11.3 Å². The number of aromatic nitrogens is 1. The molecule has 2 heterocycles. The molecule has 0 aromatic carbocycles. The highest BCUT2D eigenvalue weighted by molar-refractivity contribution is 7.11. The number of hydrogen-bond donors (Lipinski definition) is 1. The van der Waals surface area contributed by atoms with E-state index in [4.69, 9.17) is 10.7 Å². The molecule has 1 aromatic rings. The molecule has 0 atom stereocenters. The van der Waals surface area contributed by atoms with Crippen LogP contribution in [0.1, 0.15) is 62.0 Å². The first-order chi connectivity index (χ1) is 8.38. The Labute approximate surface area is 114 Å². The van der Waals surface area contributed by atoms with Crippen molar-refractivity contribution in [3.63, 3.8) is 0 Å². The van der Waals surface area contributed by atoms with Crippen molar-refractivity contribution in [2.24, 2.45) is 5.73 Å². The molecule has 0 unspecified atom stereocenters. The van der Waals surface area contributed by atoms with E-state index in [0.717, 1.165) is 6.54 Å². The summed E-state index contributed by atoms with van der Waals surface area (Å²) in [4.78, 5) is 8.59. The van der Waals surface area contributed by atoms with Crippen LogP contribution in [0.2, 0.25) is 0 Å². The predicted octanol–water partition coefficient (Wildman–Crippen LogP) is 3.06. The lowest BCUT2D eigenvalue weighted by Gasteiger charge is -2.19. The van der Waals surface area contributed by atoms with Crippen molar-refractivity contribution in [2.75, 3.05) is 13.1 Å². The summed E-state index contributed by atoms with van der Waals surface area (Å²) in [5.41, 5.74) is 7.19. The van der Waals surface area contributed by atoms with Crippen molar-refractivity contribution < 1.29 is 0 Å². The molecule has 0 spiro atoms. The molecule has 1 saturated heterocycles. The van der Waals surface area contributed by atoms with E-state index in [-0.39, 0.29) is 5.54 Å². The Balaban J connectivity index is 2.21. The fourth-order valence-electron chi connectivity index (χ4n) is 2.43. The van der Waals surface area contributed by atoms with E-state index < -0.39 is 0 Å². The van der Waals surface area contributed by atoms with Gasteiger partial charge in [0.2, 0.25) is 0 Å². The maximum atomic E-state index is 6.27. The second-order valence-electron chi connectivity index (χ2n) is 6.18. The fraction of sp³-hybridized carbons (Fsp3) is 0.786. The van der Waals surface area contributed by atoms with E-state index in [0.29, 0.717) is 5.92 Å². The standard InChI is InChI=1S/C14H25N3S/c1-10(2)12-13(14(3,4)15)18-11(16-12)9-17-7-5-6-8-17/h10H,5-9,15H2,1-4H3. The molecule has 0 aliphatic carbocycles. The van der Waals surface area contributed by atoms with Gasteiger partial charge in [-0.1, -0.05) is 13.8 Å². The third kappa shape index (κ3) is 3.11. The third-order valence-electron chi connectivity index (χ3n) is 3.39. The Morgan fingerprint density at radius 1 is 1.33 bits per heavy atom. The van der Waals surface area contributed by atoms with Gasteiger partial charge in [0.15, 0.2) is 0 Å². The molecule has 2 rings (SSSR count). The molecule has 102 valence electrons. The molecular formula is C14H25N3S. The number of nitrogens with zero attached hydrogens (tertiary/aromatic N) is 2. The lowest BCUT2D eigenvalue weighted by molar-refractivity contribution is 0.330. The van der Waals surface area contributed by atoms with Crippen LogP contribution in [0, 0.1) is 0 Å². The van der Waals surface area contributed by atoms with Crippen molar-refractivity contribution in [2.45, 2.75) is 58.5 Å². The van der Waals surface area contributed by atoms with E-state index >= 15 is 0 Å². The van der Waals surface area contributed by atoms with Crippen molar-refractivity contribution in [3.8, 4) is 0 Å². The van der Waals surface area contributed by atoms with Crippen LogP contribution in [0.4, 0.5) is 0 Å². The molecule has 0 amide bonds. The quantitative estimate of drug-likeness (QED) is 0.911. The van der Waals surface area contributed by atoms with Gasteiger partial charge < -0.3 is 5.73 Å². The summed E-state index contributed by atoms with van der Waals surface area (Å²) in [5, 5.41) is 1.23. The number of hydrogen-bond acceptors (Lipinski definition) is 4. The Kier molecular flexibility index (Phi) is 4.09. The van der Waals surface area contributed by atoms with Gasteiger partial charge >= 0.3 is 0 Å². The lowest BCUT2D eigenvalue weighted by atomic mass is 9.98. The predicted molar refractivity (Wildman–Crippen MR) is 77.9 cm³/mol. The van der Waals surface area contributed by atoms with Gasteiger partial charge in [-0.15, -0.1) is 11.3 Å².